The maximum atomic E-state index is 12.3. The number of rotatable bonds is 3. The number of hydrogen-bond donors (Lipinski definition) is 2. The number of benzene rings is 1. The van der Waals surface area contributed by atoms with E-state index in [2.05, 4.69) is 15.3 Å². The third-order valence-electron chi connectivity index (χ3n) is 4.42. The Bertz CT molecular complexity index is 1010. The van der Waals surface area contributed by atoms with E-state index in [9.17, 15) is 9.59 Å². The minimum Gasteiger partial charge on any atom is -0.465 e. The van der Waals surface area contributed by atoms with Crippen molar-refractivity contribution in [3.63, 3.8) is 0 Å². The van der Waals surface area contributed by atoms with E-state index in [1.165, 1.54) is 0 Å². The van der Waals surface area contributed by atoms with Crippen LogP contribution in [0.15, 0.2) is 47.4 Å². The topological polar surface area (TPSA) is 84.1 Å². The highest BCUT2D eigenvalue weighted by Gasteiger charge is 2.33. The predicted molar refractivity (Wildman–Crippen MR) is 95.7 cm³/mol. The van der Waals surface area contributed by atoms with Gasteiger partial charge in [-0.2, -0.15) is 0 Å². The van der Waals surface area contributed by atoms with Crippen LogP contribution in [0.3, 0.4) is 0 Å². The molecule has 2 N–H and O–H groups in total. The minimum absolute atomic E-state index is 0.222. The molecule has 0 saturated heterocycles. The lowest BCUT2D eigenvalue weighted by Crippen LogP contribution is -2.17. The number of fused-ring (bicyclic) bond motifs is 3. The van der Waals surface area contributed by atoms with Crippen LogP contribution in [0, 0.1) is 0 Å². The molecule has 0 amide bonds. The second-order valence-electron chi connectivity index (χ2n) is 5.90. The number of H-pyrrole nitrogens is 1. The molecule has 0 aliphatic carbocycles. The van der Waals surface area contributed by atoms with Crippen LogP contribution in [-0.4, -0.2) is 29.1 Å². The molecule has 4 rings (SSSR count). The van der Waals surface area contributed by atoms with E-state index in [-0.39, 0.29) is 11.5 Å². The fraction of sp³-hybridized carbons (Fsp3) is 0.211. The van der Waals surface area contributed by atoms with Crippen molar-refractivity contribution in [1.82, 2.24) is 9.97 Å². The standard InChI is InChI=1S/C19H17N3O3/c1-2-25-19(24)13-10-21-17-16(13)12-9-11(14-5-3-4-8-20-14)6-7-15(12)22-18(17)23/h3-9,13,21H,2,10H2,1H3,(H,22,23). The fourth-order valence-electron chi connectivity index (χ4n) is 3.30. The van der Waals surface area contributed by atoms with Crippen LogP contribution in [0.25, 0.3) is 22.2 Å². The molecule has 25 heavy (non-hydrogen) atoms. The fourth-order valence-corrected chi connectivity index (χ4v) is 3.30. The van der Waals surface area contributed by atoms with Crippen LogP contribution >= 0.6 is 0 Å². The summed E-state index contributed by atoms with van der Waals surface area (Å²) in [7, 11) is 0. The van der Waals surface area contributed by atoms with Gasteiger partial charge in [0.25, 0.3) is 5.56 Å². The molecule has 3 heterocycles. The molecule has 126 valence electrons. The van der Waals surface area contributed by atoms with Gasteiger partial charge >= 0.3 is 5.97 Å². The first-order valence-corrected chi connectivity index (χ1v) is 8.21. The number of hydrogen-bond acceptors (Lipinski definition) is 5. The first kappa shape index (κ1) is 15.4. The molecule has 0 spiro atoms. The van der Waals surface area contributed by atoms with Gasteiger partial charge in [-0.25, -0.2) is 0 Å². The van der Waals surface area contributed by atoms with Gasteiger partial charge in [-0.1, -0.05) is 12.1 Å². The zero-order valence-electron chi connectivity index (χ0n) is 13.7. The van der Waals surface area contributed by atoms with Gasteiger partial charge in [0.2, 0.25) is 0 Å². The van der Waals surface area contributed by atoms with Crippen molar-refractivity contribution < 1.29 is 9.53 Å². The molecule has 6 nitrogen and oxygen atoms in total. The van der Waals surface area contributed by atoms with Crippen LogP contribution in [0.1, 0.15) is 18.4 Å². The molecule has 1 aromatic carbocycles. The van der Waals surface area contributed by atoms with Crippen LogP contribution in [0.4, 0.5) is 5.69 Å². The van der Waals surface area contributed by atoms with Gasteiger partial charge < -0.3 is 15.0 Å². The second kappa shape index (κ2) is 6.05. The molecule has 3 aromatic rings. The largest absolute Gasteiger partial charge is 0.465 e. The van der Waals surface area contributed by atoms with Gasteiger partial charge in [0.1, 0.15) is 11.6 Å². The Hall–Kier alpha value is -3.15. The van der Waals surface area contributed by atoms with Gasteiger partial charge in [0.05, 0.1) is 12.3 Å². The summed E-state index contributed by atoms with van der Waals surface area (Å²) in [6.45, 7) is 2.45. The molecular weight excluding hydrogens is 318 g/mol. The predicted octanol–water partition coefficient (Wildman–Crippen LogP) is 2.66. The summed E-state index contributed by atoms with van der Waals surface area (Å²) < 4.78 is 5.18. The van der Waals surface area contributed by atoms with E-state index in [1.807, 2.05) is 36.4 Å². The summed E-state index contributed by atoms with van der Waals surface area (Å²) in [4.78, 5) is 31.9. The first-order chi connectivity index (χ1) is 12.2. The number of ether oxygens (including phenoxy) is 1. The monoisotopic (exact) mass is 335 g/mol. The first-order valence-electron chi connectivity index (χ1n) is 8.21. The van der Waals surface area contributed by atoms with E-state index < -0.39 is 5.92 Å². The third-order valence-corrected chi connectivity index (χ3v) is 4.42. The zero-order chi connectivity index (χ0) is 17.4. The Morgan fingerprint density at radius 2 is 2.20 bits per heavy atom. The Kier molecular flexibility index (Phi) is 3.72. The zero-order valence-corrected chi connectivity index (χ0v) is 13.7. The van der Waals surface area contributed by atoms with Crippen LogP contribution < -0.4 is 10.9 Å². The molecular formula is C19H17N3O3. The molecule has 0 bridgehead atoms. The average molecular weight is 335 g/mol. The molecule has 0 fully saturated rings. The van der Waals surface area contributed by atoms with Crippen molar-refractivity contribution in [3.8, 4) is 11.3 Å². The molecule has 1 unspecified atom stereocenters. The number of nitrogens with one attached hydrogen (secondary N) is 2. The van der Waals surface area contributed by atoms with Crippen molar-refractivity contribution in [1.29, 1.82) is 0 Å². The number of carbonyl (C=O) groups excluding carboxylic acids is 1. The highest BCUT2D eigenvalue weighted by atomic mass is 16.5. The van der Waals surface area contributed by atoms with Crippen molar-refractivity contribution in [3.05, 3.63) is 58.5 Å². The lowest BCUT2D eigenvalue weighted by molar-refractivity contribution is -0.144. The Morgan fingerprint density at radius 1 is 1.32 bits per heavy atom. The molecule has 0 radical (unpaired) electrons. The number of esters is 1. The number of aromatic nitrogens is 2. The SMILES string of the molecule is CCOC(=O)C1CNc2c1c1cc(-c3ccccn3)ccc1[nH]c2=O. The highest BCUT2D eigenvalue weighted by Crippen LogP contribution is 2.36. The number of nitrogens with zero attached hydrogens (tertiary/aromatic N) is 1. The minimum atomic E-state index is -0.487. The Morgan fingerprint density at radius 3 is 2.96 bits per heavy atom. The van der Waals surface area contributed by atoms with E-state index in [0.717, 1.165) is 16.6 Å². The van der Waals surface area contributed by atoms with Gasteiger partial charge in [-0.15, -0.1) is 0 Å². The number of carbonyl (C=O) groups is 1. The van der Waals surface area contributed by atoms with Crippen LogP contribution in [0.5, 0.6) is 0 Å². The molecule has 6 heteroatoms. The number of aromatic amines is 1. The van der Waals surface area contributed by atoms with E-state index in [0.29, 0.717) is 29.9 Å². The lowest BCUT2D eigenvalue weighted by Gasteiger charge is -2.12. The molecule has 1 aliphatic heterocycles. The Balaban J connectivity index is 1.93. The van der Waals surface area contributed by atoms with Gasteiger partial charge in [-0.05, 0) is 31.2 Å². The lowest BCUT2D eigenvalue weighted by atomic mass is 9.95. The number of anilines is 1. The summed E-state index contributed by atoms with van der Waals surface area (Å²) in [5.74, 6) is -0.803. The maximum absolute atomic E-state index is 12.3. The molecule has 0 saturated carbocycles. The third kappa shape index (κ3) is 2.55. The summed E-state index contributed by atoms with van der Waals surface area (Å²) in [5.41, 5.74) is 3.39. The summed E-state index contributed by atoms with van der Waals surface area (Å²) >= 11 is 0. The molecule has 1 aliphatic rings. The summed E-state index contributed by atoms with van der Waals surface area (Å²) in [6, 6.07) is 11.4. The van der Waals surface area contributed by atoms with Gasteiger partial charge in [-0.3, -0.25) is 14.6 Å². The smallest absolute Gasteiger partial charge is 0.315 e. The van der Waals surface area contributed by atoms with Crippen molar-refractivity contribution in [2.75, 3.05) is 18.5 Å². The molecule has 1 atom stereocenters. The van der Waals surface area contributed by atoms with Gasteiger partial charge in [0, 0.05) is 34.8 Å². The summed E-state index contributed by atoms with van der Waals surface area (Å²) in [6.07, 6.45) is 1.74. The van der Waals surface area contributed by atoms with E-state index in [1.54, 1.807) is 13.1 Å². The van der Waals surface area contributed by atoms with Crippen molar-refractivity contribution in [2.45, 2.75) is 12.8 Å². The molecule has 2 aromatic heterocycles. The summed E-state index contributed by atoms with van der Waals surface area (Å²) in [5, 5.41) is 3.88. The average Bonchev–Trinajstić information content (AvgIpc) is 3.09. The van der Waals surface area contributed by atoms with Crippen LogP contribution in [-0.2, 0) is 9.53 Å². The van der Waals surface area contributed by atoms with E-state index in [4.69, 9.17) is 4.74 Å². The quantitative estimate of drug-likeness (QED) is 0.719. The highest BCUT2D eigenvalue weighted by molar-refractivity contribution is 5.97. The van der Waals surface area contributed by atoms with E-state index >= 15 is 0 Å². The van der Waals surface area contributed by atoms with Gasteiger partial charge in [0.15, 0.2) is 0 Å². The van der Waals surface area contributed by atoms with Crippen LogP contribution in [0.2, 0.25) is 0 Å². The normalized spacial score (nSPS) is 15.6. The van der Waals surface area contributed by atoms with Crippen molar-refractivity contribution >= 4 is 22.6 Å². The number of pyridine rings is 2. The Labute approximate surface area is 143 Å². The maximum Gasteiger partial charge on any atom is 0.315 e. The second-order valence-corrected chi connectivity index (χ2v) is 5.90. The van der Waals surface area contributed by atoms with Crippen molar-refractivity contribution in [2.24, 2.45) is 0 Å².